The van der Waals surface area contributed by atoms with Gasteiger partial charge in [0.1, 0.15) is 5.75 Å². The van der Waals surface area contributed by atoms with E-state index in [0.29, 0.717) is 28.9 Å². The van der Waals surface area contributed by atoms with E-state index in [4.69, 9.17) is 20.9 Å². The lowest BCUT2D eigenvalue weighted by Crippen LogP contribution is -2.37. The molecule has 1 aliphatic heterocycles. The Balaban J connectivity index is 1.36. The number of benzene rings is 2. The molecule has 4 rings (SSSR count). The number of carbonyl (C=O) groups excluding carboxylic acids is 1. The first kappa shape index (κ1) is 15.7. The number of hydrogen-bond acceptors (Lipinski definition) is 5. The van der Waals surface area contributed by atoms with Crippen molar-refractivity contribution in [1.29, 1.82) is 0 Å². The minimum Gasteiger partial charge on any atom is -0.480 e. The van der Waals surface area contributed by atoms with Crippen molar-refractivity contribution in [3.8, 4) is 17.1 Å². The Morgan fingerprint density at radius 3 is 2.92 bits per heavy atom. The fraction of sp³-hybridized carbons (Fsp3) is 0.167. The number of nitrogens with zero attached hydrogens (tertiary/aromatic N) is 2. The van der Waals surface area contributed by atoms with Gasteiger partial charge in [-0.2, -0.15) is 4.98 Å². The highest BCUT2D eigenvalue weighted by Crippen LogP contribution is 2.31. The van der Waals surface area contributed by atoms with Gasteiger partial charge in [-0.25, -0.2) is 0 Å². The Labute approximate surface area is 148 Å². The van der Waals surface area contributed by atoms with Gasteiger partial charge in [0.25, 0.3) is 5.91 Å². The topological polar surface area (TPSA) is 77.3 Å². The smallest absolute Gasteiger partial charge is 0.261 e. The van der Waals surface area contributed by atoms with Gasteiger partial charge >= 0.3 is 0 Å². The maximum Gasteiger partial charge on any atom is 0.261 e. The summed E-state index contributed by atoms with van der Waals surface area (Å²) in [5.74, 6) is 1.29. The van der Waals surface area contributed by atoms with Crippen molar-refractivity contribution in [3.63, 3.8) is 0 Å². The molecule has 0 saturated heterocycles. The van der Waals surface area contributed by atoms with Crippen molar-refractivity contribution in [3.05, 3.63) is 65.0 Å². The highest BCUT2D eigenvalue weighted by Gasteiger charge is 2.29. The summed E-state index contributed by atoms with van der Waals surface area (Å²) in [6.45, 7) is 0.148. The van der Waals surface area contributed by atoms with Gasteiger partial charge in [0.2, 0.25) is 11.7 Å². The summed E-state index contributed by atoms with van der Waals surface area (Å²) in [6.07, 6.45) is -0.0918. The number of carbonyl (C=O) groups is 1. The fourth-order valence-electron chi connectivity index (χ4n) is 2.67. The molecule has 2 heterocycles. The van der Waals surface area contributed by atoms with Crippen LogP contribution >= 0.6 is 11.6 Å². The van der Waals surface area contributed by atoms with E-state index < -0.39 is 6.10 Å². The molecule has 1 unspecified atom stereocenters. The number of amides is 1. The summed E-state index contributed by atoms with van der Waals surface area (Å²) < 4.78 is 10.8. The zero-order chi connectivity index (χ0) is 17.2. The van der Waals surface area contributed by atoms with Crippen LogP contribution in [0.3, 0.4) is 0 Å². The summed E-state index contributed by atoms with van der Waals surface area (Å²) in [5.41, 5.74) is 1.78. The molecule has 1 aliphatic rings. The first-order valence-corrected chi connectivity index (χ1v) is 8.17. The molecule has 0 radical (unpaired) electrons. The van der Waals surface area contributed by atoms with Crippen molar-refractivity contribution in [2.45, 2.75) is 19.1 Å². The maximum absolute atomic E-state index is 12.3. The van der Waals surface area contributed by atoms with Crippen molar-refractivity contribution < 1.29 is 14.1 Å². The summed E-state index contributed by atoms with van der Waals surface area (Å²) in [6, 6.07) is 14.8. The zero-order valence-electron chi connectivity index (χ0n) is 13.1. The lowest BCUT2D eigenvalue weighted by Gasteiger charge is -2.09. The predicted octanol–water partition coefficient (Wildman–Crippen LogP) is 3.01. The fourth-order valence-corrected chi connectivity index (χ4v) is 2.87. The molecule has 1 amide bonds. The van der Waals surface area contributed by atoms with Crippen LogP contribution in [0.4, 0.5) is 0 Å². The molecule has 126 valence electrons. The summed E-state index contributed by atoms with van der Waals surface area (Å²) >= 11 is 5.96. The number of hydrogen-bond donors (Lipinski definition) is 1. The third-order valence-electron chi connectivity index (χ3n) is 3.90. The molecule has 2 aromatic carbocycles. The van der Waals surface area contributed by atoms with Gasteiger partial charge in [0, 0.05) is 17.0 Å². The minimum atomic E-state index is -0.579. The molecule has 1 N–H and O–H groups in total. The number of nitrogens with one attached hydrogen (secondary N) is 1. The van der Waals surface area contributed by atoms with Crippen LogP contribution in [0.15, 0.2) is 53.1 Å². The van der Waals surface area contributed by atoms with Crippen molar-refractivity contribution in [2.24, 2.45) is 0 Å². The molecule has 6 nitrogen and oxygen atoms in total. The molecule has 3 aromatic rings. The van der Waals surface area contributed by atoms with E-state index >= 15 is 0 Å². The monoisotopic (exact) mass is 355 g/mol. The quantitative estimate of drug-likeness (QED) is 0.778. The van der Waals surface area contributed by atoms with Crippen LogP contribution in [0.25, 0.3) is 11.4 Å². The molecule has 0 bridgehead atoms. The Kier molecular flexibility index (Phi) is 4.11. The SMILES string of the molecule is O=C(NCc1nc(-c2ccccc2)no1)C1Cc2cc(Cl)ccc2O1. The molecular formula is C18H14ClN3O3. The van der Waals surface area contributed by atoms with Gasteiger partial charge in [-0.1, -0.05) is 47.1 Å². The highest BCUT2D eigenvalue weighted by atomic mass is 35.5. The van der Waals surface area contributed by atoms with Gasteiger partial charge in [-0.3, -0.25) is 4.79 Å². The van der Waals surface area contributed by atoms with Gasteiger partial charge in [0.15, 0.2) is 6.10 Å². The second-order valence-electron chi connectivity index (χ2n) is 5.66. The van der Waals surface area contributed by atoms with Crippen LogP contribution in [0.2, 0.25) is 5.02 Å². The van der Waals surface area contributed by atoms with E-state index in [1.54, 1.807) is 12.1 Å². The van der Waals surface area contributed by atoms with Crippen molar-refractivity contribution in [1.82, 2.24) is 15.5 Å². The molecule has 0 fully saturated rings. The van der Waals surface area contributed by atoms with Crippen LogP contribution in [0.5, 0.6) is 5.75 Å². The van der Waals surface area contributed by atoms with Crippen LogP contribution in [0, 0.1) is 0 Å². The lowest BCUT2D eigenvalue weighted by molar-refractivity contribution is -0.127. The van der Waals surface area contributed by atoms with Crippen molar-refractivity contribution in [2.75, 3.05) is 0 Å². The lowest BCUT2D eigenvalue weighted by atomic mass is 10.1. The van der Waals surface area contributed by atoms with E-state index in [1.807, 2.05) is 36.4 Å². The molecule has 25 heavy (non-hydrogen) atoms. The average molecular weight is 356 g/mol. The molecule has 1 atom stereocenters. The first-order valence-electron chi connectivity index (χ1n) is 7.80. The molecule has 0 saturated carbocycles. The summed E-state index contributed by atoms with van der Waals surface area (Å²) in [7, 11) is 0. The Morgan fingerprint density at radius 1 is 1.24 bits per heavy atom. The second kappa shape index (κ2) is 6.57. The number of fused-ring (bicyclic) bond motifs is 1. The largest absolute Gasteiger partial charge is 0.480 e. The molecule has 1 aromatic heterocycles. The summed E-state index contributed by atoms with van der Waals surface area (Å²) in [5, 5.41) is 7.31. The Bertz CT molecular complexity index is 911. The Morgan fingerprint density at radius 2 is 2.08 bits per heavy atom. The first-order chi connectivity index (χ1) is 12.2. The van der Waals surface area contributed by atoms with Crippen LogP contribution in [-0.2, 0) is 17.8 Å². The highest BCUT2D eigenvalue weighted by molar-refractivity contribution is 6.30. The molecule has 7 heteroatoms. The van der Waals surface area contributed by atoms with Crippen LogP contribution in [0.1, 0.15) is 11.5 Å². The summed E-state index contributed by atoms with van der Waals surface area (Å²) in [4.78, 5) is 16.6. The molecule has 0 spiro atoms. The van der Waals surface area contributed by atoms with E-state index in [9.17, 15) is 4.79 Å². The van der Waals surface area contributed by atoms with Crippen LogP contribution < -0.4 is 10.1 Å². The predicted molar refractivity (Wildman–Crippen MR) is 91.2 cm³/mol. The van der Waals surface area contributed by atoms with E-state index in [0.717, 1.165) is 11.1 Å². The number of halogens is 1. The standard InChI is InChI=1S/C18H14ClN3O3/c19-13-6-7-14-12(8-13)9-15(24-14)18(23)20-10-16-21-17(22-25-16)11-4-2-1-3-5-11/h1-8,15H,9-10H2,(H,20,23). The van der Waals surface area contributed by atoms with Gasteiger partial charge in [0.05, 0.1) is 6.54 Å². The second-order valence-corrected chi connectivity index (χ2v) is 6.09. The minimum absolute atomic E-state index is 0.148. The normalized spacial score (nSPS) is 15.5. The van der Waals surface area contributed by atoms with E-state index in [-0.39, 0.29) is 12.5 Å². The van der Waals surface area contributed by atoms with Gasteiger partial charge in [-0.15, -0.1) is 0 Å². The van der Waals surface area contributed by atoms with E-state index in [2.05, 4.69) is 15.5 Å². The third-order valence-corrected chi connectivity index (χ3v) is 4.14. The van der Waals surface area contributed by atoms with Gasteiger partial charge < -0.3 is 14.6 Å². The number of aromatic nitrogens is 2. The Hall–Kier alpha value is -2.86. The van der Waals surface area contributed by atoms with Gasteiger partial charge in [-0.05, 0) is 23.8 Å². The molecule has 0 aliphatic carbocycles. The zero-order valence-corrected chi connectivity index (χ0v) is 13.9. The number of ether oxygens (including phenoxy) is 1. The number of rotatable bonds is 4. The average Bonchev–Trinajstić information content (AvgIpc) is 3.27. The third kappa shape index (κ3) is 3.34. The van der Waals surface area contributed by atoms with Crippen molar-refractivity contribution >= 4 is 17.5 Å². The molecular weight excluding hydrogens is 342 g/mol. The maximum atomic E-state index is 12.3. The van der Waals surface area contributed by atoms with E-state index in [1.165, 1.54) is 0 Å². The van der Waals surface area contributed by atoms with Crippen LogP contribution in [-0.4, -0.2) is 22.2 Å².